The van der Waals surface area contributed by atoms with Crippen molar-refractivity contribution in [2.24, 2.45) is 0 Å². The SMILES string of the molecule is CCOC(=O)Oc1c(C(C)(C)C)cc(CSCc2cc(C(C)(C)C)c(OC(=O)OCC)c(C(C)(C)C)c2)cc1C(C)(C)C. The number of ether oxygens (including phenoxy) is 4. The fourth-order valence-corrected chi connectivity index (χ4v) is 5.65. The third kappa shape index (κ3) is 10.2. The van der Waals surface area contributed by atoms with Gasteiger partial charge in [0.2, 0.25) is 0 Å². The van der Waals surface area contributed by atoms with Gasteiger partial charge in [-0.3, -0.25) is 0 Å². The molecule has 240 valence electrons. The normalized spacial score (nSPS) is 12.6. The van der Waals surface area contributed by atoms with E-state index < -0.39 is 12.3 Å². The Morgan fingerprint density at radius 3 is 1.00 bits per heavy atom. The molecule has 0 heterocycles. The Bertz CT molecular complexity index is 1110. The van der Waals surface area contributed by atoms with Crippen LogP contribution < -0.4 is 9.47 Å². The van der Waals surface area contributed by atoms with E-state index in [1.807, 2.05) is 11.8 Å². The Balaban J connectivity index is 2.53. The highest BCUT2D eigenvalue weighted by atomic mass is 32.2. The summed E-state index contributed by atoms with van der Waals surface area (Å²) in [7, 11) is 0. The largest absolute Gasteiger partial charge is 0.513 e. The Morgan fingerprint density at radius 1 is 0.535 bits per heavy atom. The van der Waals surface area contributed by atoms with E-state index >= 15 is 0 Å². The lowest BCUT2D eigenvalue weighted by atomic mass is 9.78. The summed E-state index contributed by atoms with van der Waals surface area (Å²) in [4.78, 5) is 24.8. The zero-order valence-corrected chi connectivity index (χ0v) is 29.8. The van der Waals surface area contributed by atoms with Crippen molar-refractivity contribution >= 4 is 24.1 Å². The van der Waals surface area contributed by atoms with E-state index in [9.17, 15) is 9.59 Å². The van der Waals surface area contributed by atoms with Gasteiger partial charge in [-0.1, -0.05) is 107 Å². The highest BCUT2D eigenvalue weighted by molar-refractivity contribution is 7.97. The van der Waals surface area contributed by atoms with Crippen molar-refractivity contribution in [3.8, 4) is 11.5 Å². The van der Waals surface area contributed by atoms with E-state index in [1.165, 1.54) is 11.1 Å². The third-order valence-corrected chi connectivity index (χ3v) is 8.04. The molecule has 0 saturated carbocycles. The van der Waals surface area contributed by atoms with Crippen molar-refractivity contribution in [2.75, 3.05) is 13.2 Å². The molecule has 2 aromatic carbocycles. The van der Waals surface area contributed by atoms with Crippen LogP contribution in [0.2, 0.25) is 0 Å². The molecule has 0 bridgehead atoms. The monoisotopic (exact) mass is 614 g/mol. The quantitative estimate of drug-likeness (QED) is 0.216. The predicted molar refractivity (Wildman–Crippen MR) is 178 cm³/mol. The van der Waals surface area contributed by atoms with Crippen LogP contribution in [0, 0.1) is 0 Å². The maximum atomic E-state index is 12.4. The van der Waals surface area contributed by atoms with E-state index in [0.29, 0.717) is 11.5 Å². The van der Waals surface area contributed by atoms with Gasteiger partial charge in [-0.25, -0.2) is 9.59 Å². The first-order valence-electron chi connectivity index (χ1n) is 15.2. The average molecular weight is 615 g/mol. The van der Waals surface area contributed by atoms with Gasteiger partial charge in [0.1, 0.15) is 11.5 Å². The van der Waals surface area contributed by atoms with Crippen molar-refractivity contribution in [3.05, 3.63) is 57.6 Å². The van der Waals surface area contributed by atoms with Gasteiger partial charge in [0, 0.05) is 33.8 Å². The molecule has 0 amide bonds. The smallest absolute Gasteiger partial charge is 0.434 e. The molecule has 2 rings (SSSR count). The fourth-order valence-electron chi connectivity index (χ4n) is 4.74. The molecule has 0 atom stereocenters. The first kappa shape index (κ1) is 36.5. The summed E-state index contributed by atoms with van der Waals surface area (Å²) in [6, 6.07) is 8.64. The zero-order chi connectivity index (χ0) is 33.0. The molecule has 0 unspecified atom stereocenters. The number of carbonyl (C=O) groups excluding carboxylic acids is 2. The molecule has 7 heteroatoms. The molecule has 0 aliphatic carbocycles. The Kier molecular flexibility index (Phi) is 11.9. The molecule has 6 nitrogen and oxygen atoms in total. The lowest BCUT2D eigenvalue weighted by molar-refractivity contribution is 0.101. The van der Waals surface area contributed by atoms with Gasteiger partial charge in [-0.05, 0) is 46.6 Å². The van der Waals surface area contributed by atoms with Crippen LogP contribution in [0.25, 0.3) is 0 Å². The minimum Gasteiger partial charge on any atom is -0.434 e. The number of thioether (sulfide) groups is 1. The highest BCUT2D eigenvalue weighted by Crippen LogP contribution is 2.43. The Morgan fingerprint density at radius 2 is 0.791 bits per heavy atom. The van der Waals surface area contributed by atoms with Gasteiger partial charge < -0.3 is 18.9 Å². The Labute approximate surface area is 264 Å². The van der Waals surface area contributed by atoms with Crippen LogP contribution in [0.1, 0.15) is 130 Å². The predicted octanol–water partition coefficient (Wildman–Crippen LogP) is 10.4. The van der Waals surface area contributed by atoms with Gasteiger partial charge in [0.25, 0.3) is 0 Å². The summed E-state index contributed by atoms with van der Waals surface area (Å²) in [5, 5.41) is 0. The van der Waals surface area contributed by atoms with E-state index in [0.717, 1.165) is 33.8 Å². The lowest BCUT2D eigenvalue weighted by Gasteiger charge is -2.30. The second kappa shape index (κ2) is 14.0. The van der Waals surface area contributed by atoms with Gasteiger partial charge in [-0.15, -0.1) is 0 Å². The van der Waals surface area contributed by atoms with Crippen LogP contribution in [0.5, 0.6) is 11.5 Å². The van der Waals surface area contributed by atoms with E-state index in [-0.39, 0.29) is 34.9 Å². The first-order chi connectivity index (χ1) is 19.6. The van der Waals surface area contributed by atoms with Gasteiger partial charge >= 0.3 is 12.3 Å². The second-order valence-electron chi connectivity index (χ2n) is 15.1. The molecule has 0 aliphatic rings. The standard InChI is InChI=1S/C36H54O6S/c1-15-39-31(37)41-29-25(33(3,4)5)17-23(18-26(29)34(6,7)8)21-43-22-24-19-27(35(9,10)11)30(42-32(38)40-16-2)28(20-24)36(12,13)14/h17-20H,15-16,21-22H2,1-14H3. The summed E-state index contributed by atoms with van der Waals surface area (Å²) in [5.74, 6) is 2.74. The van der Waals surface area contributed by atoms with Crippen molar-refractivity contribution in [2.45, 2.75) is 130 Å². The Hall–Kier alpha value is -2.67. The topological polar surface area (TPSA) is 71.1 Å². The van der Waals surface area contributed by atoms with E-state index in [1.54, 1.807) is 13.8 Å². The maximum Gasteiger partial charge on any atom is 0.513 e. The third-order valence-electron chi connectivity index (χ3n) is 6.96. The number of benzene rings is 2. The van der Waals surface area contributed by atoms with Gasteiger partial charge in [-0.2, -0.15) is 11.8 Å². The average Bonchev–Trinajstić information content (AvgIpc) is 2.82. The molecular formula is C36H54O6S. The van der Waals surface area contributed by atoms with Gasteiger partial charge in [0.05, 0.1) is 13.2 Å². The van der Waals surface area contributed by atoms with Crippen LogP contribution in [-0.4, -0.2) is 25.5 Å². The van der Waals surface area contributed by atoms with E-state index in [2.05, 4.69) is 107 Å². The molecule has 0 fully saturated rings. The van der Waals surface area contributed by atoms with Crippen molar-refractivity contribution in [1.29, 1.82) is 0 Å². The molecular weight excluding hydrogens is 560 g/mol. The molecule has 0 aliphatic heterocycles. The lowest BCUT2D eigenvalue weighted by Crippen LogP contribution is -2.23. The summed E-state index contributed by atoms with van der Waals surface area (Å²) < 4.78 is 21.9. The van der Waals surface area contributed by atoms with E-state index in [4.69, 9.17) is 18.9 Å². The van der Waals surface area contributed by atoms with Crippen molar-refractivity contribution in [3.63, 3.8) is 0 Å². The molecule has 0 saturated heterocycles. The first-order valence-corrected chi connectivity index (χ1v) is 16.4. The zero-order valence-electron chi connectivity index (χ0n) is 29.0. The summed E-state index contributed by atoms with van der Waals surface area (Å²) in [6.07, 6.45) is -1.36. The molecule has 2 aromatic rings. The highest BCUT2D eigenvalue weighted by Gasteiger charge is 2.31. The molecule has 43 heavy (non-hydrogen) atoms. The van der Waals surface area contributed by atoms with Gasteiger partial charge in [0.15, 0.2) is 0 Å². The summed E-state index contributed by atoms with van der Waals surface area (Å²) >= 11 is 1.83. The number of carbonyl (C=O) groups is 2. The maximum absolute atomic E-state index is 12.4. The van der Waals surface area contributed by atoms with Crippen molar-refractivity contribution in [1.82, 2.24) is 0 Å². The summed E-state index contributed by atoms with van der Waals surface area (Å²) in [6.45, 7) is 29.6. The molecule has 0 N–H and O–H groups in total. The molecule has 0 spiro atoms. The molecule has 0 aromatic heterocycles. The fraction of sp³-hybridized carbons (Fsp3) is 0.611. The second-order valence-corrected chi connectivity index (χ2v) is 16.1. The minimum absolute atomic E-state index is 0.250. The minimum atomic E-state index is -0.680. The van der Waals surface area contributed by atoms with Crippen LogP contribution in [0.3, 0.4) is 0 Å². The van der Waals surface area contributed by atoms with Crippen LogP contribution in [0.15, 0.2) is 24.3 Å². The van der Waals surface area contributed by atoms with Crippen LogP contribution in [0.4, 0.5) is 9.59 Å². The van der Waals surface area contributed by atoms with Crippen LogP contribution in [-0.2, 0) is 42.6 Å². The van der Waals surface area contributed by atoms with Crippen molar-refractivity contribution < 1.29 is 28.5 Å². The number of rotatable bonds is 8. The van der Waals surface area contributed by atoms with Crippen LogP contribution >= 0.6 is 11.8 Å². The summed E-state index contributed by atoms with van der Waals surface area (Å²) in [5.41, 5.74) is 5.27. The number of hydrogen-bond acceptors (Lipinski definition) is 7. The number of hydrogen-bond donors (Lipinski definition) is 0. The molecule has 0 radical (unpaired) electrons.